The minimum absolute atomic E-state index is 0.0468. The van der Waals surface area contributed by atoms with Crippen LogP contribution in [0.2, 0.25) is 0 Å². The fraction of sp³-hybridized carbons (Fsp3) is 0.500. The molecule has 0 aromatic heterocycles. The summed E-state index contributed by atoms with van der Waals surface area (Å²) in [6.45, 7) is 0.770. The van der Waals surface area contributed by atoms with Crippen LogP contribution in [0, 0.1) is 11.7 Å². The predicted octanol–water partition coefficient (Wildman–Crippen LogP) is 1.98. The molecule has 2 rings (SSSR count). The van der Waals surface area contributed by atoms with Crippen LogP contribution in [-0.4, -0.2) is 37.5 Å². The molecule has 1 N–H and O–H groups in total. The van der Waals surface area contributed by atoms with Crippen LogP contribution in [0.15, 0.2) is 27.6 Å². The summed E-state index contributed by atoms with van der Waals surface area (Å²) in [6, 6.07) is 3.93. The number of hydrogen-bond donors (Lipinski definition) is 1. The molecule has 0 radical (unpaired) electrons. The van der Waals surface area contributed by atoms with Gasteiger partial charge in [-0.2, -0.15) is 4.31 Å². The van der Waals surface area contributed by atoms with Gasteiger partial charge in [0, 0.05) is 24.2 Å². The van der Waals surface area contributed by atoms with E-state index in [-0.39, 0.29) is 17.4 Å². The van der Waals surface area contributed by atoms with E-state index in [1.54, 1.807) is 0 Å². The van der Waals surface area contributed by atoms with E-state index in [0.29, 0.717) is 30.4 Å². The Labute approximate surface area is 120 Å². The van der Waals surface area contributed by atoms with Gasteiger partial charge in [-0.3, -0.25) is 0 Å². The van der Waals surface area contributed by atoms with Crippen LogP contribution in [0.3, 0.4) is 0 Å². The van der Waals surface area contributed by atoms with Crippen molar-refractivity contribution in [1.29, 1.82) is 0 Å². The average Bonchev–Trinajstić information content (AvgIpc) is 2.78. The predicted molar refractivity (Wildman–Crippen MR) is 72.7 cm³/mol. The second kappa shape index (κ2) is 5.87. The Kier molecular flexibility index (Phi) is 4.60. The largest absolute Gasteiger partial charge is 0.396 e. The van der Waals surface area contributed by atoms with Crippen molar-refractivity contribution >= 4 is 26.0 Å². The zero-order valence-corrected chi connectivity index (χ0v) is 12.6. The number of sulfonamides is 1. The van der Waals surface area contributed by atoms with Crippen molar-refractivity contribution in [3.63, 3.8) is 0 Å². The fourth-order valence-corrected chi connectivity index (χ4v) is 4.17. The Bertz CT molecular complexity index is 564. The number of halogens is 2. The lowest BCUT2D eigenvalue weighted by molar-refractivity contribution is 0.259. The summed E-state index contributed by atoms with van der Waals surface area (Å²) in [6.07, 6.45) is 1.28. The van der Waals surface area contributed by atoms with Crippen LogP contribution in [0.25, 0.3) is 0 Å². The summed E-state index contributed by atoms with van der Waals surface area (Å²) < 4.78 is 40.2. The second-order valence-corrected chi connectivity index (χ2v) is 7.43. The lowest BCUT2D eigenvalue weighted by Crippen LogP contribution is -2.29. The first-order valence-electron chi connectivity index (χ1n) is 6.01. The molecule has 1 aromatic rings. The first-order chi connectivity index (χ1) is 8.95. The van der Waals surface area contributed by atoms with Crippen molar-refractivity contribution in [2.75, 3.05) is 19.7 Å². The Morgan fingerprint density at radius 2 is 2.21 bits per heavy atom. The highest BCUT2D eigenvalue weighted by Gasteiger charge is 2.33. The van der Waals surface area contributed by atoms with Crippen molar-refractivity contribution < 1.29 is 17.9 Å². The van der Waals surface area contributed by atoms with Gasteiger partial charge in [0.25, 0.3) is 0 Å². The molecule has 0 saturated carbocycles. The molecular weight excluding hydrogens is 337 g/mol. The maximum absolute atomic E-state index is 13.8. The van der Waals surface area contributed by atoms with Gasteiger partial charge in [-0.15, -0.1) is 0 Å². The molecule has 0 amide bonds. The van der Waals surface area contributed by atoms with E-state index in [1.165, 1.54) is 16.4 Å². The smallest absolute Gasteiger partial charge is 0.245 e. The van der Waals surface area contributed by atoms with Gasteiger partial charge in [0.2, 0.25) is 10.0 Å². The van der Waals surface area contributed by atoms with Gasteiger partial charge in [0.15, 0.2) is 0 Å². The third kappa shape index (κ3) is 3.16. The van der Waals surface area contributed by atoms with Gasteiger partial charge >= 0.3 is 0 Å². The molecule has 1 atom stereocenters. The van der Waals surface area contributed by atoms with Crippen molar-refractivity contribution in [3.05, 3.63) is 28.5 Å². The normalized spacial score (nSPS) is 20.9. The van der Waals surface area contributed by atoms with Crippen LogP contribution in [0.1, 0.15) is 12.8 Å². The van der Waals surface area contributed by atoms with Crippen molar-refractivity contribution in [3.8, 4) is 0 Å². The number of aliphatic hydroxyl groups is 1. The second-order valence-electron chi connectivity index (χ2n) is 4.60. The number of rotatable bonds is 4. The SMILES string of the molecule is O=S(=O)(c1ccc(Br)cc1F)N1CCC(CCO)C1. The van der Waals surface area contributed by atoms with Crippen molar-refractivity contribution in [1.82, 2.24) is 4.31 Å². The minimum atomic E-state index is -3.78. The lowest BCUT2D eigenvalue weighted by atomic mass is 10.1. The van der Waals surface area contributed by atoms with Crippen LogP contribution in [0.4, 0.5) is 4.39 Å². The van der Waals surface area contributed by atoms with E-state index in [4.69, 9.17) is 5.11 Å². The monoisotopic (exact) mass is 351 g/mol. The average molecular weight is 352 g/mol. The Morgan fingerprint density at radius 1 is 1.47 bits per heavy atom. The van der Waals surface area contributed by atoms with E-state index in [9.17, 15) is 12.8 Å². The molecule has 1 heterocycles. The topological polar surface area (TPSA) is 57.6 Å². The van der Waals surface area contributed by atoms with E-state index in [2.05, 4.69) is 15.9 Å². The maximum atomic E-state index is 13.8. The van der Waals surface area contributed by atoms with Crippen LogP contribution >= 0.6 is 15.9 Å². The number of hydrogen-bond acceptors (Lipinski definition) is 3. The fourth-order valence-electron chi connectivity index (χ4n) is 2.26. The van der Waals surface area contributed by atoms with E-state index in [0.717, 1.165) is 6.07 Å². The zero-order valence-electron chi connectivity index (χ0n) is 10.2. The van der Waals surface area contributed by atoms with E-state index >= 15 is 0 Å². The molecule has 4 nitrogen and oxygen atoms in total. The summed E-state index contributed by atoms with van der Waals surface area (Å²) >= 11 is 3.10. The Balaban J connectivity index is 2.23. The number of nitrogens with zero attached hydrogens (tertiary/aromatic N) is 1. The zero-order chi connectivity index (χ0) is 14.0. The quantitative estimate of drug-likeness (QED) is 0.902. The summed E-state index contributed by atoms with van der Waals surface area (Å²) in [5.74, 6) is -0.599. The molecule has 1 fully saturated rings. The molecule has 7 heteroatoms. The molecule has 19 heavy (non-hydrogen) atoms. The maximum Gasteiger partial charge on any atom is 0.245 e. The Hall–Kier alpha value is -0.500. The van der Waals surface area contributed by atoms with Crippen molar-refractivity contribution in [2.24, 2.45) is 5.92 Å². The van der Waals surface area contributed by atoms with Gasteiger partial charge in [-0.25, -0.2) is 12.8 Å². The molecule has 1 unspecified atom stereocenters. The molecule has 1 aliphatic rings. The molecule has 0 aliphatic carbocycles. The van der Waals surface area contributed by atoms with Gasteiger partial charge < -0.3 is 5.11 Å². The lowest BCUT2D eigenvalue weighted by Gasteiger charge is -2.17. The highest BCUT2D eigenvalue weighted by molar-refractivity contribution is 9.10. The van der Waals surface area contributed by atoms with Crippen LogP contribution in [0.5, 0.6) is 0 Å². The highest BCUT2D eigenvalue weighted by Crippen LogP contribution is 2.28. The Morgan fingerprint density at radius 3 is 2.84 bits per heavy atom. The van der Waals surface area contributed by atoms with Gasteiger partial charge in [0.05, 0.1) is 0 Å². The minimum Gasteiger partial charge on any atom is -0.396 e. The van der Waals surface area contributed by atoms with Crippen molar-refractivity contribution in [2.45, 2.75) is 17.7 Å². The van der Waals surface area contributed by atoms with Gasteiger partial charge in [-0.05, 0) is 37.0 Å². The third-order valence-electron chi connectivity index (χ3n) is 3.30. The third-order valence-corrected chi connectivity index (χ3v) is 5.69. The molecule has 1 aliphatic heterocycles. The summed E-state index contributed by atoms with van der Waals surface area (Å²) in [5.41, 5.74) is 0. The summed E-state index contributed by atoms with van der Waals surface area (Å²) in [5, 5.41) is 8.87. The molecule has 0 bridgehead atoms. The summed E-state index contributed by atoms with van der Waals surface area (Å²) in [4.78, 5) is -0.291. The van der Waals surface area contributed by atoms with E-state index < -0.39 is 15.8 Å². The number of benzene rings is 1. The van der Waals surface area contributed by atoms with Gasteiger partial charge in [0.1, 0.15) is 10.7 Å². The molecule has 1 saturated heterocycles. The summed E-state index contributed by atoms with van der Waals surface area (Å²) in [7, 11) is -3.78. The first-order valence-corrected chi connectivity index (χ1v) is 8.24. The molecule has 1 aromatic carbocycles. The highest BCUT2D eigenvalue weighted by atomic mass is 79.9. The first kappa shape index (κ1) is 14.9. The molecule has 106 valence electrons. The van der Waals surface area contributed by atoms with Crippen LogP contribution < -0.4 is 0 Å². The van der Waals surface area contributed by atoms with E-state index in [1.807, 2.05) is 0 Å². The number of aliphatic hydroxyl groups excluding tert-OH is 1. The standard InChI is InChI=1S/C12H15BrFNO3S/c13-10-1-2-12(11(14)7-10)19(17,18)15-5-3-9(8-15)4-6-16/h1-2,7,9,16H,3-6,8H2. The molecular formula is C12H15BrFNO3S. The molecule has 0 spiro atoms. The van der Waals surface area contributed by atoms with Gasteiger partial charge in [-0.1, -0.05) is 15.9 Å². The van der Waals surface area contributed by atoms with Crippen LogP contribution in [-0.2, 0) is 10.0 Å².